The molecule has 0 aromatic heterocycles. The second-order valence-corrected chi connectivity index (χ2v) is 7.10. The largest absolute Gasteiger partial charge is 0.314 e. The molecule has 19 heavy (non-hydrogen) atoms. The first-order valence-electron chi connectivity index (χ1n) is 7.37. The molecular formula is C17H22BrN. The summed E-state index contributed by atoms with van der Waals surface area (Å²) < 4.78 is 1.16. The molecule has 2 bridgehead atoms. The zero-order valence-electron chi connectivity index (χ0n) is 11.5. The standard InChI is InChI=1S/C17H22BrN/c1-12(8-13-3-6-17(18)7-4-13)19-11-16-10-14-2-5-15(16)9-14/h2-7,12,14-16,19H,8-11H2,1H3. The third-order valence-corrected chi connectivity index (χ3v) is 5.13. The Balaban J connectivity index is 1.45. The number of allylic oxidation sites excluding steroid dienone is 2. The number of fused-ring (bicyclic) bond motifs is 2. The second-order valence-electron chi connectivity index (χ2n) is 6.18. The first-order chi connectivity index (χ1) is 9.20. The van der Waals surface area contributed by atoms with Crippen LogP contribution in [0.5, 0.6) is 0 Å². The molecule has 1 saturated carbocycles. The van der Waals surface area contributed by atoms with Crippen LogP contribution in [0, 0.1) is 17.8 Å². The zero-order valence-corrected chi connectivity index (χ0v) is 13.1. The molecule has 0 saturated heterocycles. The van der Waals surface area contributed by atoms with Crippen LogP contribution >= 0.6 is 15.9 Å². The Kier molecular flexibility index (Phi) is 4.09. The lowest BCUT2D eigenvalue weighted by Crippen LogP contribution is -2.34. The first-order valence-corrected chi connectivity index (χ1v) is 8.16. The zero-order chi connectivity index (χ0) is 13.2. The molecule has 1 aromatic rings. The van der Waals surface area contributed by atoms with Crippen LogP contribution < -0.4 is 5.32 Å². The second kappa shape index (κ2) is 5.80. The Hall–Kier alpha value is -0.600. The van der Waals surface area contributed by atoms with Gasteiger partial charge in [0.15, 0.2) is 0 Å². The molecule has 0 heterocycles. The normalized spacial score (nSPS) is 29.9. The highest BCUT2D eigenvalue weighted by Crippen LogP contribution is 2.42. The van der Waals surface area contributed by atoms with E-state index in [4.69, 9.17) is 0 Å². The summed E-state index contributed by atoms with van der Waals surface area (Å²) in [4.78, 5) is 0. The van der Waals surface area contributed by atoms with Gasteiger partial charge in [0.05, 0.1) is 0 Å². The van der Waals surface area contributed by atoms with Crippen molar-refractivity contribution in [3.8, 4) is 0 Å². The Morgan fingerprint density at radius 3 is 2.63 bits per heavy atom. The van der Waals surface area contributed by atoms with Crippen LogP contribution in [-0.2, 0) is 6.42 Å². The van der Waals surface area contributed by atoms with Crippen molar-refractivity contribution in [3.63, 3.8) is 0 Å². The minimum atomic E-state index is 0.560. The Morgan fingerprint density at radius 1 is 1.21 bits per heavy atom. The third-order valence-electron chi connectivity index (χ3n) is 4.60. The van der Waals surface area contributed by atoms with Gasteiger partial charge in [0.2, 0.25) is 0 Å². The number of hydrogen-bond acceptors (Lipinski definition) is 1. The van der Waals surface area contributed by atoms with Crippen LogP contribution in [0.15, 0.2) is 40.9 Å². The molecule has 1 N–H and O–H groups in total. The highest BCUT2D eigenvalue weighted by Gasteiger charge is 2.35. The van der Waals surface area contributed by atoms with Gasteiger partial charge in [-0.15, -0.1) is 0 Å². The molecule has 2 aliphatic rings. The van der Waals surface area contributed by atoms with E-state index >= 15 is 0 Å². The van der Waals surface area contributed by atoms with Crippen LogP contribution in [0.3, 0.4) is 0 Å². The third kappa shape index (κ3) is 3.29. The van der Waals surface area contributed by atoms with E-state index < -0.39 is 0 Å². The fraction of sp³-hybridized carbons (Fsp3) is 0.529. The lowest BCUT2D eigenvalue weighted by Gasteiger charge is -2.22. The van der Waals surface area contributed by atoms with E-state index in [0.717, 1.165) is 28.6 Å². The number of hydrogen-bond donors (Lipinski definition) is 1. The number of halogens is 1. The summed E-state index contributed by atoms with van der Waals surface area (Å²) in [5.41, 5.74) is 1.41. The maximum absolute atomic E-state index is 3.73. The van der Waals surface area contributed by atoms with Gasteiger partial charge >= 0.3 is 0 Å². The summed E-state index contributed by atoms with van der Waals surface area (Å²) >= 11 is 3.48. The Labute approximate surface area is 124 Å². The molecule has 0 radical (unpaired) electrons. The lowest BCUT2D eigenvalue weighted by molar-refractivity contribution is 0.389. The molecule has 4 atom stereocenters. The SMILES string of the molecule is CC(Cc1ccc(Br)cc1)NCC1CC2C=CC1C2. The molecule has 1 fully saturated rings. The quantitative estimate of drug-likeness (QED) is 0.803. The first kappa shape index (κ1) is 13.4. The van der Waals surface area contributed by atoms with Crippen molar-refractivity contribution in [1.29, 1.82) is 0 Å². The van der Waals surface area contributed by atoms with Gasteiger partial charge in [0.1, 0.15) is 0 Å². The number of rotatable bonds is 5. The van der Waals surface area contributed by atoms with Gasteiger partial charge in [0, 0.05) is 10.5 Å². The van der Waals surface area contributed by atoms with Crippen LogP contribution in [0.2, 0.25) is 0 Å². The van der Waals surface area contributed by atoms with E-state index in [1.54, 1.807) is 0 Å². The maximum Gasteiger partial charge on any atom is 0.0175 e. The van der Waals surface area contributed by atoms with Crippen molar-refractivity contribution >= 4 is 15.9 Å². The van der Waals surface area contributed by atoms with Crippen LogP contribution in [0.25, 0.3) is 0 Å². The minimum Gasteiger partial charge on any atom is -0.314 e. The van der Waals surface area contributed by atoms with Crippen molar-refractivity contribution in [2.45, 2.75) is 32.2 Å². The van der Waals surface area contributed by atoms with Gasteiger partial charge in [-0.2, -0.15) is 0 Å². The van der Waals surface area contributed by atoms with Crippen molar-refractivity contribution in [3.05, 3.63) is 46.5 Å². The van der Waals surface area contributed by atoms with Gasteiger partial charge in [-0.25, -0.2) is 0 Å². The van der Waals surface area contributed by atoms with E-state index in [0.29, 0.717) is 6.04 Å². The molecule has 2 aliphatic carbocycles. The van der Waals surface area contributed by atoms with E-state index in [-0.39, 0.29) is 0 Å². The topological polar surface area (TPSA) is 12.0 Å². The predicted octanol–water partition coefficient (Wildman–Crippen LogP) is 4.18. The molecule has 0 aliphatic heterocycles. The molecule has 1 aromatic carbocycles. The Bertz CT molecular complexity index is 451. The molecule has 4 unspecified atom stereocenters. The van der Waals surface area contributed by atoms with E-state index in [9.17, 15) is 0 Å². The van der Waals surface area contributed by atoms with E-state index in [1.807, 2.05) is 0 Å². The van der Waals surface area contributed by atoms with E-state index in [2.05, 4.69) is 64.6 Å². The van der Waals surface area contributed by atoms with Gasteiger partial charge in [-0.1, -0.05) is 40.2 Å². The van der Waals surface area contributed by atoms with Gasteiger partial charge in [0.25, 0.3) is 0 Å². The maximum atomic E-state index is 3.73. The molecule has 0 spiro atoms. The van der Waals surface area contributed by atoms with Gasteiger partial charge < -0.3 is 5.32 Å². The highest BCUT2D eigenvalue weighted by molar-refractivity contribution is 9.10. The monoisotopic (exact) mass is 319 g/mol. The molecule has 1 nitrogen and oxygen atoms in total. The summed E-state index contributed by atoms with van der Waals surface area (Å²) in [6, 6.07) is 9.24. The summed E-state index contributed by atoms with van der Waals surface area (Å²) in [5, 5.41) is 3.73. The molecule has 0 amide bonds. The molecule has 3 rings (SSSR count). The van der Waals surface area contributed by atoms with Crippen molar-refractivity contribution in [2.24, 2.45) is 17.8 Å². The summed E-state index contributed by atoms with van der Waals surface area (Å²) in [6.07, 6.45) is 8.79. The average Bonchev–Trinajstić information content (AvgIpc) is 3.01. The van der Waals surface area contributed by atoms with Crippen LogP contribution in [-0.4, -0.2) is 12.6 Å². The van der Waals surface area contributed by atoms with E-state index in [1.165, 1.54) is 24.9 Å². The summed E-state index contributed by atoms with van der Waals surface area (Å²) in [5.74, 6) is 2.62. The number of nitrogens with one attached hydrogen (secondary N) is 1. The Morgan fingerprint density at radius 2 is 2.00 bits per heavy atom. The number of benzene rings is 1. The van der Waals surface area contributed by atoms with Crippen molar-refractivity contribution < 1.29 is 0 Å². The molecule has 102 valence electrons. The van der Waals surface area contributed by atoms with Crippen LogP contribution in [0.4, 0.5) is 0 Å². The lowest BCUT2D eigenvalue weighted by atomic mass is 9.93. The van der Waals surface area contributed by atoms with Gasteiger partial charge in [-0.05, 0) is 68.2 Å². The van der Waals surface area contributed by atoms with Crippen LogP contribution in [0.1, 0.15) is 25.3 Å². The smallest absolute Gasteiger partial charge is 0.0175 e. The summed E-state index contributed by atoms with van der Waals surface area (Å²) in [7, 11) is 0. The highest BCUT2D eigenvalue weighted by atomic mass is 79.9. The average molecular weight is 320 g/mol. The molecule has 2 heteroatoms. The minimum absolute atomic E-state index is 0.560. The van der Waals surface area contributed by atoms with Gasteiger partial charge in [-0.3, -0.25) is 0 Å². The molecular weight excluding hydrogens is 298 g/mol. The fourth-order valence-electron chi connectivity index (χ4n) is 3.53. The summed E-state index contributed by atoms with van der Waals surface area (Å²) in [6.45, 7) is 3.48. The predicted molar refractivity (Wildman–Crippen MR) is 84.2 cm³/mol. The van der Waals surface area contributed by atoms with Crippen molar-refractivity contribution in [1.82, 2.24) is 5.32 Å². The van der Waals surface area contributed by atoms with Crippen molar-refractivity contribution in [2.75, 3.05) is 6.54 Å². The fourth-order valence-corrected chi connectivity index (χ4v) is 3.79.